The topological polar surface area (TPSA) is 75.4 Å². The molecule has 6 heteroatoms. The molecule has 1 heterocycles. The Bertz CT molecular complexity index is 507. The monoisotopic (exact) mass is 325 g/mol. The molecule has 0 spiro atoms. The van der Waals surface area contributed by atoms with Gasteiger partial charge in [0.2, 0.25) is 11.8 Å². The van der Waals surface area contributed by atoms with Crippen molar-refractivity contribution in [1.82, 2.24) is 5.32 Å². The average Bonchev–Trinajstić information content (AvgIpc) is 2.80. The molecule has 1 saturated heterocycles. The van der Waals surface area contributed by atoms with E-state index in [-0.39, 0.29) is 24.2 Å². The number of nitrogens with zero attached hydrogens (tertiary/aromatic N) is 1. The highest BCUT2D eigenvalue weighted by molar-refractivity contribution is 6.01. The van der Waals surface area contributed by atoms with Crippen LogP contribution >= 0.6 is 12.4 Å². The van der Waals surface area contributed by atoms with Gasteiger partial charge in [0, 0.05) is 12.2 Å². The molecule has 2 rings (SSSR count). The largest absolute Gasteiger partial charge is 0.343 e. The molecule has 22 heavy (non-hydrogen) atoms. The van der Waals surface area contributed by atoms with Gasteiger partial charge in [-0.05, 0) is 30.9 Å². The minimum absolute atomic E-state index is 0. The average molecular weight is 326 g/mol. The predicted molar refractivity (Wildman–Crippen MR) is 90.0 cm³/mol. The summed E-state index contributed by atoms with van der Waals surface area (Å²) in [6.45, 7) is 4.66. The minimum atomic E-state index is -0.552. The lowest BCUT2D eigenvalue weighted by Gasteiger charge is -2.19. The van der Waals surface area contributed by atoms with Gasteiger partial charge in [0.05, 0.1) is 6.04 Å². The summed E-state index contributed by atoms with van der Waals surface area (Å²) in [6, 6.07) is 8.48. The van der Waals surface area contributed by atoms with Crippen LogP contribution in [0.3, 0.4) is 0 Å². The number of halogens is 1. The minimum Gasteiger partial charge on any atom is -0.343 e. The smallest absolute Gasteiger partial charge is 0.249 e. The molecular weight excluding hydrogens is 302 g/mol. The lowest BCUT2D eigenvalue weighted by Crippen LogP contribution is -2.48. The lowest BCUT2D eigenvalue weighted by atomic mass is 10.0. The third kappa shape index (κ3) is 4.45. The summed E-state index contributed by atoms with van der Waals surface area (Å²) >= 11 is 0. The van der Waals surface area contributed by atoms with E-state index in [1.54, 1.807) is 4.90 Å². The second kappa shape index (κ2) is 8.15. The van der Waals surface area contributed by atoms with Crippen molar-refractivity contribution in [1.29, 1.82) is 0 Å². The fourth-order valence-corrected chi connectivity index (χ4v) is 2.57. The van der Waals surface area contributed by atoms with Crippen LogP contribution in [0.25, 0.3) is 0 Å². The Labute approximate surface area is 137 Å². The van der Waals surface area contributed by atoms with Gasteiger partial charge in [-0.1, -0.05) is 32.0 Å². The number of hydrogen-bond acceptors (Lipinski definition) is 3. The molecule has 3 N–H and O–H groups in total. The van der Waals surface area contributed by atoms with E-state index in [1.165, 1.54) is 0 Å². The number of carbonyl (C=O) groups excluding carboxylic acids is 2. The quantitative estimate of drug-likeness (QED) is 0.865. The molecule has 0 bridgehead atoms. The van der Waals surface area contributed by atoms with E-state index < -0.39 is 12.1 Å². The Hall–Kier alpha value is -1.59. The summed E-state index contributed by atoms with van der Waals surface area (Å²) < 4.78 is 0. The van der Waals surface area contributed by atoms with Gasteiger partial charge in [0.15, 0.2) is 0 Å². The van der Waals surface area contributed by atoms with Gasteiger partial charge in [0.1, 0.15) is 6.04 Å². The second-order valence-electron chi connectivity index (χ2n) is 5.91. The van der Waals surface area contributed by atoms with Crippen LogP contribution in [0.15, 0.2) is 30.3 Å². The van der Waals surface area contributed by atoms with E-state index in [9.17, 15) is 9.59 Å². The molecule has 1 aromatic carbocycles. The molecule has 0 radical (unpaired) electrons. The summed E-state index contributed by atoms with van der Waals surface area (Å²) in [4.78, 5) is 26.1. The SMILES string of the molecule is CC(C)C[C@H](N)C(=O)NC1CCN(c2ccccc2)C1=O.Cl. The van der Waals surface area contributed by atoms with Gasteiger partial charge >= 0.3 is 0 Å². The van der Waals surface area contributed by atoms with Crippen molar-refractivity contribution in [3.63, 3.8) is 0 Å². The maximum atomic E-state index is 12.4. The summed E-state index contributed by atoms with van der Waals surface area (Å²) in [5, 5.41) is 2.78. The molecule has 1 fully saturated rings. The standard InChI is InChI=1S/C16H23N3O2.ClH/c1-11(2)10-13(17)15(20)18-14-8-9-19(16(14)21)12-6-4-3-5-7-12;/h3-7,11,13-14H,8-10,17H2,1-2H3,(H,18,20);1H/t13-,14?;/m0./s1. The van der Waals surface area contributed by atoms with Crippen LogP contribution in [-0.4, -0.2) is 30.4 Å². The zero-order chi connectivity index (χ0) is 15.4. The Balaban J connectivity index is 0.00000242. The number of anilines is 1. The van der Waals surface area contributed by atoms with Gasteiger partial charge in [-0.25, -0.2) is 0 Å². The summed E-state index contributed by atoms with van der Waals surface area (Å²) in [6.07, 6.45) is 1.24. The Kier molecular flexibility index (Phi) is 6.84. The fourth-order valence-electron chi connectivity index (χ4n) is 2.57. The van der Waals surface area contributed by atoms with E-state index >= 15 is 0 Å². The van der Waals surface area contributed by atoms with Gasteiger partial charge < -0.3 is 16.0 Å². The van der Waals surface area contributed by atoms with Gasteiger partial charge in [-0.2, -0.15) is 0 Å². The molecule has 1 aromatic rings. The zero-order valence-corrected chi connectivity index (χ0v) is 13.8. The summed E-state index contributed by atoms with van der Waals surface area (Å²) in [5.74, 6) is 0.0501. The summed E-state index contributed by atoms with van der Waals surface area (Å²) in [7, 11) is 0. The number of nitrogens with two attached hydrogens (primary N) is 1. The van der Waals surface area contributed by atoms with Crippen LogP contribution in [-0.2, 0) is 9.59 Å². The lowest BCUT2D eigenvalue weighted by molar-refractivity contribution is -0.127. The second-order valence-corrected chi connectivity index (χ2v) is 5.91. The number of benzene rings is 1. The molecule has 0 aromatic heterocycles. The molecule has 122 valence electrons. The third-order valence-corrected chi connectivity index (χ3v) is 3.65. The van der Waals surface area contributed by atoms with Gasteiger partial charge in [-0.15, -0.1) is 12.4 Å². The highest BCUT2D eigenvalue weighted by atomic mass is 35.5. The Morgan fingerprint density at radius 1 is 1.36 bits per heavy atom. The number of carbonyl (C=O) groups is 2. The zero-order valence-electron chi connectivity index (χ0n) is 13.0. The van der Waals surface area contributed by atoms with E-state index in [0.717, 1.165) is 5.69 Å². The predicted octanol–water partition coefficient (Wildman–Crippen LogP) is 1.70. The van der Waals surface area contributed by atoms with Crippen LogP contribution in [0.4, 0.5) is 5.69 Å². The van der Waals surface area contributed by atoms with Crippen LogP contribution in [0.1, 0.15) is 26.7 Å². The molecule has 1 aliphatic heterocycles. The first kappa shape index (κ1) is 18.5. The number of nitrogens with one attached hydrogen (secondary N) is 1. The van der Waals surface area contributed by atoms with E-state index in [2.05, 4.69) is 5.32 Å². The maximum absolute atomic E-state index is 12.4. The van der Waals surface area contributed by atoms with Gasteiger partial charge in [0.25, 0.3) is 0 Å². The van der Waals surface area contributed by atoms with Crippen molar-refractivity contribution in [2.24, 2.45) is 11.7 Å². The first-order valence-corrected chi connectivity index (χ1v) is 7.41. The Morgan fingerprint density at radius 3 is 2.59 bits per heavy atom. The maximum Gasteiger partial charge on any atom is 0.249 e. The van der Waals surface area contributed by atoms with Crippen LogP contribution in [0.5, 0.6) is 0 Å². The van der Waals surface area contributed by atoms with Crippen LogP contribution < -0.4 is 16.0 Å². The van der Waals surface area contributed by atoms with Crippen molar-refractivity contribution in [2.75, 3.05) is 11.4 Å². The fraction of sp³-hybridized carbons (Fsp3) is 0.500. The molecule has 2 amide bonds. The molecule has 1 unspecified atom stereocenters. The molecule has 0 saturated carbocycles. The first-order valence-electron chi connectivity index (χ1n) is 7.41. The molecule has 5 nitrogen and oxygen atoms in total. The first-order chi connectivity index (χ1) is 9.99. The number of hydrogen-bond donors (Lipinski definition) is 2. The third-order valence-electron chi connectivity index (χ3n) is 3.65. The van der Waals surface area contributed by atoms with Crippen LogP contribution in [0.2, 0.25) is 0 Å². The van der Waals surface area contributed by atoms with Gasteiger partial charge in [-0.3, -0.25) is 9.59 Å². The van der Waals surface area contributed by atoms with E-state index in [1.807, 2.05) is 44.2 Å². The molecule has 2 atom stereocenters. The molecular formula is C16H24ClN3O2. The van der Waals surface area contributed by atoms with Crippen molar-refractivity contribution >= 4 is 29.9 Å². The van der Waals surface area contributed by atoms with E-state index in [4.69, 9.17) is 5.73 Å². The number of para-hydroxylation sites is 1. The van der Waals surface area contributed by atoms with Crippen molar-refractivity contribution in [2.45, 2.75) is 38.8 Å². The highest BCUT2D eigenvalue weighted by Crippen LogP contribution is 2.21. The number of rotatable bonds is 5. The van der Waals surface area contributed by atoms with Crippen LogP contribution in [0, 0.1) is 5.92 Å². The van der Waals surface area contributed by atoms with Crippen molar-refractivity contribution in [3.05, 3.63) is 30.3 Å². The Morgan fingerprint density at radius 2 is 2.00 bits per heavy atom. The number of amides is 2. The normalized spacial score (nSPS) is 19.0. The molecule has 0 aliphatic carbocycles. The van der Waals surface area contributed by atoms with E-state index in [0.29, 0.717) is 25.3 Å². The highest BCUT2D eigenvalue weighted by Gasteiger charge is 2.34. The van der Waals surface area contributed by atoms with Crippen molar-refractivity contribution < 1.29 is 9.59 Å². The van der Waals surface area contributed by atoms with Crippen molar-refractivity contribution in [3.8, 4) is 0 Å². The molecule has 1 aliphatic rings. The summed E-state index contributed by atoms with van der Waals surface area (Å²) in [5.41, 5.74) is 6.72.